The summed E-state index contributed by atoms with van der Waals surface area (Å²) in [6, 6.07) is 0. The average Bonchev–Trinajstić information content (AvgIpc) is 2.33. The molecule has 0 aliphatic carbocycles. The van der Waals surface area contributed by atoms with Crippen LogP contribution < -0.4 is 0 Å². The number of esters is 1. The summed E-state index contributed by atoms with van der Waals surface area (Å²) in [5, 5.41) is 24.7. The van der Waals surface area contributed by atoms with Crippen molar-refractivity contribution in [2.24, 2.45) is 0 Å². The van der Waals surface area contributed by atoms with Gasteiger partial charge in [0.05, 0.1) is 6.61 Å². The zero-order valence-electron chi connectivity index (χ0n) is 10.5. The number of carboxylic acids is 1. The molecule has 0 aliphatic heterocycles. The monoisotopic (exact) mass is 260 g/mol. The van der Waals surface area contributed by atoms with E-state index in [9.17, 15) is 9.59 Å². The molecule has 0 spiro atoms. The third-order valence-electron chi connectivity index (χ3n) is 1.61. The standard InChI is InChI=1S/2C6H10O3/c1-5(2)6(8)9-4-3-7;1-5(6(8)9)3-2-4-7/h7H,1,3-4H2,2H3;7H,1-4H2,(H,8,9). The Morgan fingerprint density at radius 1 is 1.17 bits per heavy atom. The normalized spacial score (nSPS) is 8.83. The molecule has 104 valence electrons. The molecule has 3 N–H and O–H groups in total. The lowest BCUT2D eigenvalue weighted by Gasteiger charge is -1.99. The van der Waals surface area contributed by atoms with Crippen molar-refractivity contribution in [2.45, 2.75) is 19.8 Å². The quantitative estimate of drug-likeness (QED) is 0.455. The average molecular weight is 260 g/mol. The van der Waals surface area contributed by atoms with Gasteiger partial charge in [-0.3, -0.25) is 0 Å². The van der Waals surface area contributed by atoms with Gasteiger partial charge < -0.3 is 20.1 Å². The molecule has 6 heteroatoms. The van der Waals surface area contributed by atoms with Gasteiger partial charge in [0.15, 0.2) is 0 Å². The van der Waals surface area contributed by atoms with Crippen LogP contribution in [0.4, 0.5) is 0 Å². The van der Waals surface area contributed by atoms with Crippen LogP contribution >= 0.6 is 0 Å². The number of aliphatic carboxylic acids is 1. The van der Waals surface area contributed by atoms with Crippen LogP contribution in [0.25, 0.3) is 0 Å². The fourth-order valence-electron chi connectivity index (χ4n) is 0.661. The van der Waals surface area contributed by atoms with Crippen molar-refractivity contribution in [2.75, 3.05) is 19.8 Å². The van der Waals surface area contributed by atoms with Crippen molar-refractivity contribution in [3.63, 3.8) is 0 Å². The van der Waals surface area contributed by atoms with Crippen molar-refractivity contribution in [1.82, 2.24) is 0 Å². The molecular formula is C12H20O6. The molecule has 0 aromatic heterocycles. The number of carbonyl (C=O) groups is 2. The summed E-state index contributed by atoms with van der Waals surface area (Å²) in [5.74, 6) is -1.44. The lowest BCUT2D eigenvalue weighted by atomic mass is 10.2. The summed E-state index contributed by atoms with van der Waals surface area (Å²) in [5.41, 5.74) is 0.507. The molecule has 0 rings (SSSR count). The van der Waals surface area contributed by atoms with E-state index in [0.29, 0.717) is 18.4 Å². The molecule has 0 bridgehead atoms. The van der Waals surface area contributed by atoms with Crippen LogP contribution in [-0.2, 0) is 14.3 Å². The maximum Gasteiger partial charge on any atom is 0.333 e. The Labute approximate surface area is 106 Å². The SMILES string of the molecule is C=C(C)C(=O)OCCO.C=C(CCCO)C(=O)O. The largest absolute Gasteiger partial charge is 0.478 e. The first-order valence-corrected chi connectivity index (χ1v) is 5.32. The highest BCUT2D eigenvalue weighted by atomic mass is 16.5. The third-order valence-corrected chi connectivity index (χ3v) is 1.61. The van der Waals surface area contributed by atoms with E-state index in [2.05, 4.69) is 17.9 Å². The zero-order valence-corrected chi connectivity index (χ0v) is 10.5. The molecule has 0 atom stereocenters. The van der Waals surface area contributed by atoms with Gasteiger partial charge in [0.2, 0.25) is 0 Å². The summed E-state index contributed by atoms with van der Waals surface area (Å²) < 4.78 is 4.46. The molecule has 0 amide bonds. The maximum atomic E-state index is 10.5. The van der Waals surface area contributed by atoms with Crippen molar-refractivity contribution in [1.29, 1.82) is 0 Å². The fourth-order valence-corrected chi connectivity index (χ4v) is 0.661. The highest BCUT2D eigenvalue weighted by Gasteiger charge is 2.01. The van der Waals surface area contributed by atoms with E-state index in [1.54, 1.807) is 6.92 Å². The zero-order chi connectivity index (χ0) is 14.6. The second-order valence-corrected chi connectivity index (χ2v) is 3.38. The van der Waals surface area contributed by atoms with Gasteiger partial charge in [0.25, 0.3) is 0 Å². The van der Waals surface area contributed by atoms with Gasteiger partial charge >= 0.3 is 11.9 Å². The molecule has 0 aromatic rings. The van der Waals surface area contributed by atoms with E-state index in [1.807, 2.05) is 0 Å². The lowest BCUT2D eigenvalue weighted by molar-refractivity contribution is -0.140. The molecule has 0 unspecified atom stereocenters. The van der Waals surface area contributed by atoms with E-state index >= 15 is 0 Å². The third kappa shape index (κ3) is 12.4. The molecule has 0 aliphatic rings. The summed E-state index contributed by atoms with van der Waals surface area (Å²) in [4.78, 5) is 20.5. The topological polar surface area (TPSA) is 104 Å². The molecule has 6 nitrogen and oxygen atoms in total. The first kappa shape index (κ1) is 18.7. The molecule has 0 saturated carbocycles. The van der Waals surface area contributed by atoms with Gasteiger partial charge in [-0.2, -0.15) is 0 Å². The van der Waals surface area contributed by atoms with Crippen molar-refractivity contribution < 1.29 is 29.6 Å². The van der Waals surface area contributed by atoms with Crippen LogP contribution in [0.15, 0.2) is 24.3 Å². The van der Waals surface area contributed by atoms with E-state index < -0.39 is 11.9 Å². The predicted molar refractivity (Wildman–Crippen MR) is 66.0 cm³/mol. The number of carboxylic acid groups (broad SMARTS) is 1. The summed E-state index contributed by atoms with van der Waals surface area (Å²) >= 11 is 0. The van der Waals surface area contributed by atoms with Gasteiger partial charge in [0, 0.05) is 17.8 Å². The van der Waals surface area contributed by atoms with E-state index in [1.165, 1.54) is 0 Å². The molecule has 0 heterocycles. The van der Waals surface area contributed by atoms with Crippen LogP contribution in [0, 0.1) is 0 Å². The number of aliphatic hydroxyl groups is 2. The van der Waals surface area contributed by atoms with Crippen LogP contribution in [0.1, 0.15) is 19.8 Å². The Morgan fingerprint density at radius 2 is 1.72 bits per heavy atom. The van der Waals surface area contributed by atoms with Crippen molar-refractivity contribution >= 4 is 11.9 Å². The maximum absolute atomic E-state index is 10.5. The second kappa shape index (κ2) is 11.8. The Morgan fingerprint density at radius 3 is 2.06 bits per heavy atom. The first-order valence-electron chi connectivity index (χ1n) is 5.32. The fraction of sp³-hybridized carbons (Fsp3) is 0.500. The molecular weight excluding hydrogens is 240 g/mol. The van der Waals surface area contributed by atoms with Gasteiger partial charge in [-0.05, 0) is 19.8 Å². The first-order chi connectivity index (χ1) is 8.36. The number of rotatable bonds is 7. The van der Waals surface area contributed by atoms with Crippen LogP contribution in [0.3, 0.4) is 0 Å². The van der Waals surface area contributed by atoms with Gasteiger partial charge in [-0.25, -0.2) is 9.59 Å². The Kier molecular flexibility index (Phi) is 12.3. The van der Waals surface area contributed by atoms with Crippen molar-refractivity contribution in [3.8, 4) is 0 Å². The highest BCUT2D eigenvalue weighted by molar-refractivity contribution is 5.86. The van der Waals surface area contributed by atoms with Crippen LogP contribution in [-0.4, -0.2) is 47.1 Å². The summed E-state index contributed by atoms with van der Waals surface area (Å²) in [6.45, 7) is 8.12. The smallest absolute Gasteiger partial charge is 0.333 e. The van der Waals surface area contributed by atoms with Gasteiger partial charge in [-0.15, -0.1) is 0 Å². The highest BCUT2D eigenvalue weighted by Crippen LogP contribution is 2.00. The number of hydrogen-bond donors (Lipinski definition) is 3. The molecule has 0 fully saturated rings. The lowest BCUT2D eigenvalue weighted by Crippen LogP contribution is -2.08. The molecule has 18 heavy (non-hydrogen) atoms. The van der Waals surface area contributed by atoms with E-state index in [4.69, 9.17) is 15.3 Å². The Bertz CT molecular complexity index is 265. The molecule has 0 aromatic carbocycles. The number of ether oxygens (including phenoxy) is 1. The minimum atomic E-state index is -0.983. The van der Waals surface area contributed by atoms with Gasteiger partial charge in [0.1, 0.15) is 6.61 Å². The number of carbonyl (C=O) groups excluding carboxylic acids is 1. The number of aliphatic hydroxyl groups excluding tert-OH is 2. The van der Waals surface area contributed by atoms with E-state index in [-0.39, 0.29) is 25.4 Å². The van der Waals surface area contributed by atoms with Gasteiger partial charge in [-0.1, -0.05) is 13.2 Å². The Balaban J connectivity index is 0. The second-order valence-electron chi connectivity index (χ2n) is 3.38. The Hall–Kier alpha value is -1.66. The summed E-state index contributed by atoms with van der Waals surface area (Å²) in [6.07, 6.45) is 0.844. The van der Waals surface area contributed by atoms with Crippen LogP contribution in [0.5, 0.6) is 0 Å². The van der Waals surface area contributed by atoms with Crippen LogP contribution in [0.2, 0.25) is 0 Å². The molecule has 0 radical (unpaired) electrons. The predicted octanol–water partition coefficient (Wildman–Crippen LogP) is 0.498. The minimum absolute atomic E-state index is 0.0201. The molecule has 0 saturated heterocycles. The minimum Gasteiger partial charge on any atom is -0.478 e. The van der Waals surface area contributed by atoms with E-state index in [0.717, 1.165) is 0 Å². The van der Waals surface area contributed by atoms with Crippen molar-refractivity contribution in [3.05, 3.63) is 24.3 Å². The summed E-state index contributed by atoms with van der Waals surface area (Å²) in [7, 11) is 0. The number of hydrogen-bond acceptors (Lipinski definition) is 5.